The van der Waals surface area contributed by atoms with E-state index in [9.17, 15) is 14.3 Å². The van der Waals surface area contributed by atoms with E-state index in [0.29, 0.717) is 11.5 Å². The molecule has 0 aliphatic carbocycles. The van der Waals surface area contributed by atoms with Crippen molar-refractivity contribution in [2.24, 2.45) is 0 Å². The minimum atomic E-state index is -0.721. The lowest BCUT2D eigenvalue weighted by Gasteiger charge is -2.04. The van der Waals surface area contributed by atoms with Crippen LogP contribution in [-0.2, 0) is 17.2 Å². The maximum absolute atomic E-state index is 11.2. The van der Waals surface area contributed by atoms with Crippen LogP contribution in [0.2, 0.25) is 0 Å². The van der Waals surface area contributed by atoms with Gasteiger partial charge in [0.2, 0.25) is 0 Å². The van der Waals surface area contributed by atoms with Gasteiger partial charge in [-0.3, -0.25) is 14.3 Å². The van der Waals surface area contributed by atoms with Gasteiger partial charge in [-0.2, -0.15) is 0 Å². The number of nitrogens with zero attached hydrogens (tertiary/aromatic N) is 1. The molecule has 0 saturated carbocycles. The lowest BCUT2D eigenvalue weighted by Crippen LogP contribution is -2.23. The number of hydrogen-bond acceptors (Lipinski definition) is 4. The lowest BCUT2D eigenvalue weighted by atomic mass is 10.1. The van der Waals surface area contributed by atoms with Crippen molar-refractivity contribution in [2.45, 2.75) is 13.3 Å². The van der Waals surface area contributed by atoms with Crippen molar-refractivity contribution in [3.8, 4) is 0 Å². The summed E-state index contributed by atoms with van der Waals surface area (Å²) >= 11 is 0. The van der Waals surface area contributed by atoms with Gasteiger partial charge in [0.25, 0.3) is 5.69 Å². The predicted octanol–water partition coefficient (Wildman–Crippen LogP) is 1.50. The highest BCUT2D eigenvalue weighted by Gasteiger charge is 2.03. The highest BCUT2D eigenvalue weighted by Crippen LogP contribution is 2.11. The molecule has 0 bridgehead atoms. The SMILES string of the molecule is CCS(=O)CCNCCc1ccc([N+](=O)[O-])cc1. The van der Waals surface area contributed by atoms with Gasteiger partial charge in [-0.25, -0.2) is 0 Å². The van der Waals surface area contributed by atoms with Crippen molar-refractivity contribution in [2.75, 3.05) is 24.6 Å². The average Bonchev–Trinajstić information content (AvgIpc) is 2.38. The molecule has 1 N–H and O–H groups in total. The average molecular weight is 270 g/mol. The van der Waals surface area contributed by atoms with E-state index in [1.807, 2.05) is 6.92 Å². The maximum Gasteiger partial charge on any atom is 0.269 e. The molecule has 18 heavy (non-hydrogen) atoms. The Balaban J connectivity index is 2.23. The fraction of sp³-hybridized carbons (Fsp3) is 0.500. The van der Waals surface area contributed by atoms with Crippen molar-refractivity contribution < 1.29 is 9.13 Å². The van der Waals surface area contributed by atoms with Gasteiger partial charge in [0, 0.05) is 41.0 Å². The van der Waals surface area contributed by atoms with E-state index < -0.39 is 15.7 Å². The first-order chi connectivity index (χ1) is 8.63. The van der Waals surface area contributed by atoms with Crippen LogP contribution in [-0.4, -0.2) is 33.7 Å². The van der Waals surface area contributed by atoms with Gasteiger partial charge in [0.15, 0.2) is 0 Å². The Morgan fingerprint density at radius 1 is 1.28 bits per heavy atom. The first-order valence-corrected chi connectivity index (χ1v) is 7.41. The second-order valence-corrected chi connectivity index (χ2v) is 5.72. The van der Waals surface area contributed by atoms with Crippen molar-refractivity contribution in [3.63, 3.8) is 0 Å². The van der Waals surface area contributed by atoms with Crippen LogP contribution in [0.4, 0.5) is 5.69 Å². The third kappa shape index (κ3) is 5.37. The van der Waals surface area contributed by atoms with Crippen LogP contribution < -0.4 is 5.32 Å². The lowest BCUT2D eigenvalue weighted by molar-refractivity contribution is -0.384. The van der Waals surface area contributed by atoms with E-state index in [2.05, 4.69) is 5.32 Å². The van der Waals surface area contributed by atoms with Gasteiger partial charge >= 0.3 is 0 Å². The number of rotatable bonds is 8. The van der Waals surface area contributed by atoms with Gasteiger partial charge < -0.3 is 5.32 Å². The normalized spacial score (nSPS) is 12.3. The summed E-state index contributed by atoms with van der Waals surface area (Å²) in [5, 5.41) is 13.7. The second kappa shape index (κ2) is 7.94. The Kier molecular flexibility index (Phi) is 6.53. The molecule has 1 aromatic carbocycles. The molecule has 0 fully saturated rings. The molecular formula is C12H18N2O3S. The van der Waals surface area contributed by atoms with Crippen molar-refractivity contribution in [1.29, 1.82) is 0 Å². The second-order valence-electron chi connectivity index (χ2n) is 3.86. The molecule has 0 aliphatic heterocycles. The van der Waals surface area contributed by atoms with E-state index in [1.54, 1.807) is 12.1 Å². The smallest absolute Gasteiger partial charge is 0.269 e. The first-order valence-electron chi connectivity index (χ1n) is 5.92. The number of benzene rings is 1. The number of nitrogens with one attached hydrogen (secondary N) is 1. The summed E-state index contributed by atoms with van der Waals surface area (Å²) in [5.74, 6) is 1.38. The summed E-state index contributed by atoms with van der Waals surface area (Å²) in [6.45, 7) is 3.44. The van der Waals surface area contributed by atoms with Crippen molar-refractivity contribution in [1.82, 2.24) is 5.32 Å². The maximum atomic E-state index is 11.2. The van der Waals surface area contributed by atoms with Crippen LogP contribution in [0, 0.1) is 10.1 Å². The predicted molar refractivity (Wildman–Crippen MR) is 73.2 cm³/mol. The van der Waals surface area contributed by atoms with E-state index in [1.165, 1.54) is 12.1 Å². The molecular weight excluding hydrogens is 252 g/mol. The molecule has 0 radical (unpaired) electrons. The van der Waals surface area contributed by atoms with Crippen LogP contribution in [0.25, 0.3) is 0 Å². The van der Waals surface area contributed by atoms with E-state index in [4.69, 9.17) is 0 Å². The topological polar surface area (TPSA) is 72.2 Å². The minimum Gasteiger partial charge on any atom is -0.315 e. The Morgan fingerprint density at radius 2 is 1.94 bits per heavy atom. The quantitative estimate of drug-likeness (QED) is 0.441. The summed E-state index contributed by atoms with van der Waals surface area (Å²) in [6.07, 6.45) is 0.816. The zero-order valence-electron chi connectivity index (χ0n) is 10.4. The van der Waals surface area contributed by atoms with Crippen LogP contribution in [0.1, 0.15) is 12.5 Å². The van der Waals surface area contributed by atoms with Crippen LogP contribution in [0.3, 0.4) is 0 Å². The summed E-state index contributed by atoms with van der Waals surface area (Å²) in [4.78, 5) is 10.1. The number of nitro benzene ring substituents is 1. The largest absolute Gasteiger partial charge is 0.315 e. The van der Waals surface area contributed by atoms with Crippen LogP contribution in [0.15, 0.2) is 24.3 Å². The zero-order valence-corrected chi connectivity index (χ0v) is 11.2. The zero-order chi connectivity index (χ0) is 13.4. The Morgan fingerprint density at radius 3 is 2.50 bits per heavy atom. The number of non-ortho nitro benzene ring substituents is 1. The molecule has 1 aromatic rings. The molecule has 1 rings (SSSR count). The summed E-state index contributed by atoms with van der Waals surface area (Å²) in [5.41, 5.74) is 1.18. The molecule has 0 aromatic heterocycles. The van der Waals surface area contributed by atoms with Gasteiger partial charge in [-0.15, -0.1) is 0 Å². The minimum absolute atomic E-state index is 0.116. The summed E-state index contributed by atoms with van der Waals surface area (Å²) < 4.78 is 11.2. The van der Waals surface area contributed by atoms with Crippen LogP contribution >= 0.6 is 0 Å². The molecule has 0 spiro atoms. The molecule has 100 valence electrons. The molecule has 1 atom stereocenters. The first kappa shape index (κ1) is 14.8. The summed E-state index contributed by atoms with van der Waals surface area (Å²) in [6, 6.07) is 6.57. The van der Waals surface area contributed by atoms with Gasteiger partial charge in [0.1, 0.15) is 0 Å². The van der Waals surface area contributed by atoms with E-state index >= 15 is 0 Å². The van der Waals surface area contributed by atoms with E-state index in [-0.39, 0.29) is 5.69 Å². The fourth-order valence-corrected chi connectivity index (χ4v) is 2.13. The molecule has 0 saturated heterocycles. The molecule has 0 aliphatic rings. The molecule has 1 unspecified atom stereocenters. The van der Waals surface area contributed by atoms with Gasteiger partial charge in [0.05, 0.1) is 4.92 Å². The Bertz CT molecular complexity index is 406. The van der Waals surface area contributed by atoms with Gasteiger partial charge in [-0.05, 0) is 18.5 Å². The molecule has 5 nitrogen and oxygen atoms in total. The number of nitro groups is 1. The monoisotopic (exact) mass is 270 g/mol. The molecule has 0 heterocycles. The Hall–Kier alpha value is -1.27. The van der Waals surface area contributed by atoms with Crippen molar-refractivity contribution in [3.05, 3.63) is 39.9 Å². The highest BCUT2D eigenvalue weighted by molar-refractivity contribution is 7.84. The third-order valence-electron chi connectivity index (χ3n) is 2.57. The van der Waals surface area contributed by atoms with Gasteiger partial charge in [-0.1, -0.05) is 19.1 Å². The number of hydrogen-bond donors (Lipinski definition) is 1. The van der Waals surface area contributed by atoms with Crippen LogP contribution in [0.5, 0.6) is 0 Å². The standard InChI is InChI=1S/C12H18N2O3S/c1-2-18(17)10-9-13-8-7-11-3-5-12(6-4-11)14(15)16/h3-6,13H,2,7-10H2,1H3. The Labute approximate surface area is 109 Å². The molecule has 6 heteroatoms. The summed E-state index contributed by atoms with van der Waals surface area (Å²) in [7, 11) is -0.721. The third-order valence-corrected chi connectivity index (χ3v) is 3.87. The highest BCUT2D eigenvalue weighted by atomic mass is 32.2. The van der Waals surface area contributed by atoms with E-state index in [0.717, 1.165) is 25.1 Å². The van der Waals surface area contributed by atoms with Crippen molar-refractivity contribution >= 4 is 16.5 Å². The fourth-order valence-electron chi connectivity index (χ4n) is 1.47. The molecule has 0 amide bonds.